The van der Waals surface area contributed by atoms with Crippen LogP contribution >= 0.6 is 0 Å². The number of hydrogen-bond acceptors (Lipinski definition) is 4. The summed E-state index contributed by atoms with van der Waals surface area (Å²) < 4.78 is 27.9. The number of nitrogens with two attached hydrogens (primary N) is 1. The van der Waals surface area contributed by atoms with E-state index < -0.39 is 15.6 Å². The lowest BCUT2D eigenvalue weighted by molar-refractivity contribution is 0.172. The highest BCUT2D eigenvalue weighted by Crippen LogP contribution is 2.26. The summed E-state index contributed by atoms with van der Waals surface area (Å²) in [5, 5.41) is 9.52. The fourth-order valence-corrected chi connectivity index (χ4v) is 4.38. The highest BCUT2D eigenvalue weighted by atomic mass is 32.2. The van der Waals surface area contributed by atoms with Gasteiger partial charge in [-0.3, -0.25) is 0 Å². The summed E-state index contributed by atoms with van der Waals surface area (Å²) in [6.07, 6.45) is 1.04. The molecule has 0 fully saturated rings. The lowest BCUT2D eigenvalue weighted by atomic mass is 9.96. The number of benzene rings is 1. The zero-order valence-electron chi connectivity index (χ0n) is 12.5. The van der Waals surface area contributed by atoms with Gasteiger partial charge in [0.05, 0.1) is 17.0 Å². The molecule has 6 heteroatoms. The molecule has 0 saturated heterocycles. The molecule has 0 aliphatic heterocycles. The lowest BCUT2D eigenvalue weighted by Crippen LogP contribution is -2.50. The van der Waals surface area contributed by atoms with E-state index in [9.17, 15) is 13.5 Å². The van der Waals surface area contributed by atoms with Crippen molar-refractivity contribution in [2.24, 2.45) is 0 Å². The van der Waals surface area contributed by atoms with Crippen molar-refractivity contribution < 1.29 is 13.5 Å². The minimum atomic E-state index is -3.70. The second kappa shape index (κ2) is 6.11. The summed E-state index contributed by atoms with van der Waals surface area (Å²) in [5.74, 6) is 0. The molecule has 0 aliphatic carbocycles. The summed E-state index contributed by atoms with van der Waals surface area (Å²) in [6, 6.07) is 3.28. The molecular weight excluding hydrogens is 276 g/mol. The maximum Gasteiger partial charge on any atom is 0.241 e. The van der Waals surface area contributed by atoms with Crippen LogP contribution in [0, 0.1) is 13.8 Å². The van der Waals surface area contributed by atoms with Crippen molar-refractivity contribution in [2.45, 2.75) is 51.0 Å². The number of hydrogen-bond donors (Lipinski definition) is 3. The van der Waals surface area contributed by atoms with Crippen LogP contribution in [0.2, 0.25) is 0 Å². The van der Waals surface area contributed by atoms with E-state index in [2.05, 4.69) is 4.72 Å². The Kier molecular flexibility index (Phi) is 5.18. The van der Waals surface area contributed by atoms with Crippen molar-refractivity contribution in [3.8, 4) is 0 Å². The Bertz CT molecular complexity index is 547. The molecule has 0 bridgehead atoms. The normalized spacial score (nSPS) is 12.7. The third-order valence-electron chi connectivity index (χ3n) is 3.76. The molecule has 20 heavy (non-hydrogen) atoms. The molecule has 5 nitrogen and oxygen atoms in total. The Labute approximate surface area is 121 Å². The largest absolute Gasteiger partial charge is 0.399 e. The highest BCUT2D eigenvalue weighted by molar-refractivity contribution is 7.89. The van der Waals surface area contributed by atoms with Gasteiger partial charge in [-0.2, -0.15) is 0 Å². The summed E-state index contributed by atoms with van der Waals surface area (Å²) in [7, 11) is -3.70. The molecule has 1 aromatic carbocycles. The summed E-state index contributed by atoms with van der Waals surface area (Å²) in [5.41, 5.74) is 6.65. The van der Waals surface area contributed by atoms with Crippen LogP contribution in [0.5, 0.6) is 0 Å². The maximum atomic E-state index is 12.6. The number of anilines is 1. The van der Waals surface area contributed by atoms with Crippen molar-refractivity contribution in [1.82, 2.24) is 4.72 Å². The van der Waals surface area contributed by atoms with Gasteiger partial charge in [-0.15, -0.1) is 0 Å². The minimum Gasteiger partial charge on any atom is -0.399 e. The first-order chi connectivity index (χ1) is 9.21. The number of aliphatic hydroxyl groups is 1. The van der Waals surface area contributed by atoms with Crippen LogP contribution in [0.1, 0.15) is 37.8 Å². The Hall–Kier alpha value is -1.11. The molecule has 1 aromatic rings. The van der Waals surface area contributed by atoms with Gasteiger partial charge in [0.25, 0.3) is 0 Å². The average molecular weight is 300 g/mol. The zero-order valence-corrected chi connectivity index (χ0v) is 13.3. The predicted octanol–water partition coefficient (Wildman–Crippen LogP) is 1.72. The zero-order chi connectivity index (χ0) is 15.6. The van der Waals surface area contributed by atoms with Crippen LogP contribution in [0.25, 0.3) is 0 Å². The van der Waals surface area contributed by atoms with Crippen LogP contribution < -0.4 is 10.5 Å². The van der Waals surface area contributed by atoms with Gasteiger partial charge in [-0.25, -0.2) is 13.1 Å². The van der Waals surface area contributed by atoms with E-state index in [4.69, 9.17) is 5.73 Å². The van der Waals surface area contributed by atoms with Crippen molar-refractivity contribution in [2.75, 3.05) is 12.3 Å². The van der Waals surface area contributed by atoms with Crippen LogP contribution in [0.3, 0.4) is 0 Å². The van der Waals surface area contributed by atoms with Crippen LogP contribution in [0.15, 0.2) is 17.0 Å². The van der Waals surface area contributed by atoms with Crippen LogP contribution in [-0.2, 0) is 10.0 Å². The number of rotatable bonds is 6. The van der Waals surface area contributed by atoms with E-state index in [0.717, 1.165) is 0 Å². The third-order valence-corrected chi connectivity index (χ3v) is 5.64. The first-order valence-electron chi connectivity index (χ1n) is 6.73. The molecule has 4 N–H and O–H groups in total. The Morgan fingerprint density at radius 3 is 2.00 bits per heavy atom. The molecule has 0 radical (unpaired) electrons. The van der Waals surface area contributed by atoms with E-state index in [0.29, 0.717) is 29.7 Å². The van der Waals surface area contributed by atoms with Gasteiger partial charge in [-0.05, 0) is 49.9 Å². The average Bonchev–Trinajstić information content (AvgIpc) is 2.34. The van der Waals surface area contributed by atoms with E-state index in [-0.39, 0.29) is 11.5 Å². The highest BCUT2D eigenvalue weighted by Gasteiger charge is 2.32. The lowest BCUT2D eigenvalue weighted by Gasteiger charge is -2.31. The summed E-state index contributed by atoms with van der Waals surface area (Å²) in [4.78, 5) is 0.242. The SMILES string of the molecule is CCC(CC)(CO)NS(=O)(=O)c1c(C)cc(N)cc1C. The standard InChI is InChI=1S/C14H24N2O3S/c1-5-14(6-2,9-17)16-20(18,19)13-10(3)7-12(15)8-11(13)4/h7-8,16-17H,5-6,9,15H2,1-4H3. The van der Waals surface area contributed by atoms with E-state index >= 15 is 0 Å². The molecule has 1 rings (SSSR count). The van der Waals surface area contributed by atoms with Gasteiger partial charge >= 0.3 is 0 Å². The molecular formula is C14H24N2O3S. The van der Waals surface area contributed by atoms with Gasteiger partial charge in [0.1, 0.15) is 0 Å². The van der Waals surface area contributed by atoms with Crippen molar-refractivity contribution in [3.05, 3.63) is 23.3 Å². The minimum absolute atomic E-state index is 0.230. The smallest absolute Gasteiger partial charge is 0.241 e. The van der Waals surface area contributed by atoms with Crippen LogP contribution in [-0.4, -0.2) is 25.7 Å². The monoisotopic (exact) mass is 300 g/mol. The molecule has 0 atom stereocenters. The Balaban J connectivity index is 3.32. The van der Waals surface area contributed by atoms with Gasteiger partial charge in [0.2, 0.25) is 10.0 Å². The Morgan fingerprint density at radius 1 is 1.20 bits per heavy atom. The number of aliphatic hydroxyl groups excluding tert-OH is 1. The molecule has 0 heterocycles. The molecule has 114 valence electrons. The Morgan fingerprint density at radius 2 is 1.65 bits per heavy atom. The molecule has 0 aromatic heterocycles. The fourth-order valence-electron chi connectivity index (χ4n) is 2.39. The molecule has 0 aliphatic rings. The first kappa shape index (κ1) is 16.9. The van der Waals surface area contributed by atoms with Gasteiger partial charge in [0.15, 0.2) is 0 Å². The summed E-state index contributed by atoms with van der Waals surface area (Å²) >= 11 is 0. The summed E-state index contributed by atoms with van der Waals surface area (Å²) in [6.45, 7) is 6.91. The fraction of sp³-hybridized carbons (Fsp3) is 0.571. The second-order valence-corrected chi connectivity index (χ2v) is 6.85. The number of nitrogen functional groups attached to an aromatic ring is 1. The third kappa shape index (κ3) is 3.31. The van der Waals surface area contributed by atoms with Crippen molar-refractivity contribution in [3.63, 3.8) is 0 Å². The molecule has 0 spiro atoms. The molecule has 0 saturated carbocycles. The van der Waals surface area contributed by atoms with Crippen molar-refractivity contribution in [1.29, 1.82) is 0 Å². The molecule has 0 unspecified atom stereocenters. The van der Waals surface area contributed by atoms with Gasteiger partial charge < -0.3 is 10.8 Å². The first-order valence-corrected chi connectivity index (χ1v) is 8.21. The maximum absolute atomic E-state index is 12.6. The quantitative estimate of drug-likeness (QED) is 0.697. The topological polar surface area (TPSA) is 92.4 Å². The van der Waals surface area contributed by atoms with Gasteiger partial charge in [-0.1, -0.05) is 13.8 Å². The number of nitrogens with one attached hydrogen (secondary N) is 1. The van der Waals surface area contributed by atoms with Crippen LogP contribution in [0.4, 0.5) is 5.69 Å². The van der Waals surface area contributed by atoms with E-state index in [1.54, 1.807) is 26.0 Å². The van der Waals surface area contributed by atoms with Crippen molar-refractivity contribution >= 4 is 15.7 Å². The predicted molar refractivity (Wildman–Crippen MR) is 81.0 cm³/mol. The molecule has 0 amide bonds. The number of sulfonamides is 1. The number of aryl methyl sites for hydroxylation is 2. The van der Waals surface area contributed by atoms with Gasteiger partial charge in [0, 0.05) is 5.69 Å². The van der Waals surface area contributed by atoms with E-state index in [1.807, 2.05) is 13.8 Å². The second-order valence-electron chi connectivity index (χ2n) is 5.23. The van der Waals surface area contributed by atoms with E-state index in [1.165, 1.54) is 0 Å².